The molecule has 0 amide bonds. The Balaban J connectivity index is 2.67. The van der Waals surface area contributed by atoms with Crippen molar-refractivity contribution in [2.24, 2.45) is 0 Å². The molecule has 2 aromatic carbocycles. The zero-order valence-electron chi connectivity index (χ0n) is 10.8. The highest BCUT2D eigenvalue weighted by atomic mass is 35.5. The summed E-state index contributed by atoms with van der Waals surface area (Å²) in [7, 11) is -4.17. The number of benzene rings is 2. The molecular weight excluding hydrogens is 334 g/mol. The highest BCUT2D eigenvalue weighted by Crippen LogP contribution is 2.30. The van der Waals surface area contributed by atoms with Gasteiger partial charge in [0.1, 0.15) is 4.90 Å². The van der Waals surface area contributed by atoms with Crippen LogP contribution in [-0.4, -0.2) is 24.4 Å². The van der Waals surface area contributed by atoms with Crippen molar-refractivity contribution in [1.29, 1.82) is 0 Å². The summed E-state index contributed by atoms with van der Waals surface area (Å²) < 4.78 is 24.9. The van der Waals surface area contributed by atoms with E-state index in [2.05, 4.69) is 0 Å². The molecule has 1 N–H and O–H groups in total. The van der Waals surface area contributed by atoms with E-state index in [0.29, 0.717) is 11.1 Å². The standard InChI is InChI=1S/C13H8ClNO6S/c14-9-2-4-10(5-3-9)22(20,21)12-6-1-8(13(16)17)7-11(12)15(18)19/h1-7H,(H,16,17). The number of carboxylic acid groups (broad SMARTS) is 1. The molecule has 114 valence electrons. The number of hydrogen-bond donors (Lipinski definition) is 1. The van der Waals surface area contributed by atoms with Gasteiger partial charge in [0.05, 0.1) is 15.4 Å². The van der Waals surface area contributed by atoms with E-state index in [4.69, 9.17) is 16.7 Å². The molecule has 0 aromatic heterocycles. The van der Waals surface area contributed by atoms with Gasteiger partial charge < -0.3 is 5.11 Å². The summed E-state index contributed by atoms with van der Waals surface area (Å²) in [5.74, 6) is -1.39. The van der Waals surface area contributed by atoms with Crippen molar-refractivity contribution in [2.75, 3.05) is 0 Å². The highest BCUT2D eigenvalue weighted by molar-refractivity contribution is 7.91. The molecule has 0 saturated carbocycles. The number of carbonyl (C=O) groups is 1. The van der Waals surface area contributed by atoms with Gasteiger partial charge in [-0.3, -0.25) is 10.1 Å². The number of sulfone groups is 1. The monoisotopic (exact) mass is 341 g/mol. The number of nitro benzene ring substituents is 1. The number of nitro groups is 1. The molecule has 0 aliphatic heterocycles. The Morgan fingerprint density at radius 2 is 1.73 bits per heavy atom. The Morgan fingerprint density at radius 1 is 1.14 bits per heavy atom. The van der Waals surface area contributed by atoms with Gasteiger partial charge in [-0.05, 0) is 36.4 Å². The van der Waals surface area contributed by atoms with Crippen molar-refractivity contribution in [3.05, 3.63) is 63.2 Å². The molecule has 0 aliphatic rings. The second kappa shape index (κ2) is 5.74. The smallest absolute Gasteiger partial charge is 0.335 e. The Labute approximate surface area is 129 Å². The third kappa shape index (κ3) is 2.92. The summed E-state index contributed by atoms with van der Waals surface area (Å²) in [6.07, 6.45) is 0. The van der Waals surface area contributed by atoms with Crippen molar-refractivity contribution in [3.63, 3.8) is 0 Å². The normalized spacial score (nSPS) is 11.1. The number of hydrogen-bond acceptors (Lipinski definition) is 5. The molecule has 0 saturated heterocycles. The maximum Gasteiger partial charge on any atom is 0.335 e. The van der Waals surface area contributed by atoms with Gasteiger partial charge >= 0.3 is 5.97 Å². The van der Waals surface area contributed by atoms with Crippen molar-refractivity contribution in [1.82, 2.24) is 0 Å². The van der Waals surface area contributed by atoms with Gasteiger partial charge in [0.15, 0.2) is 0 Å². The first-order chi connectivity index (χ1) is 10.2. The lowest BCUT2D eigenvalue weighted by Crippen LogP contribution is -2.07. The van der Waals surface area contributed by atoms with E-state index in [1.54, 1.807) is 0 Å². The predicted octanol–water partition coefficient (Wildman–Crippen LogP) is 2.78. The Morgan fingerprint density at radius 3 is 2.23 bits per heavy atom. The Hall–Kier alpha value is -2.45. The third-order valence-corrected chi connectivity index (χ3v) is 4.89. The number of rotatable bonds is 4. The predicted molar refractivity (Wildman–Crippen MR) is 77.0 cm³/mol. The molecule has 0 fully saturated rings. The van der Waals surface area contributed by atoms with Crippen LogP contribution in [0.1, 0.15) is 10.4 Å². The van der Waals surface area contributed by atoms with E-state index >= 15 is 0 Å². The first kappa shape index (κ1) is 15.9. The molecule has 0 aliphatic carbocycles. The maximum absolute atomic E-state index is 12.5. The zero-order valence-corrected chi connectivity index (χ0v) is 12.3. The largest absolute Gasteiger partial charge is 0.478 e. The summed E-state index contributed by atoms with van der Waals surface area (Å²) in [5.41, 5.74) is -1.17. The number of aromatic carboxylic acids is 1. The Bertz CT molecular complexity index is 861. The van der Waals surface area contributed by atoms with E-state index in [-0.39, 0.29) is 10.5 Å². The number of carboxylic acids is 1. The molecule has 22 heavy (non-hydrogen) atoms. The molecule has 2 aromatic rings. The van der Waals surface area contributed by atoms with E-state index in [0.717, 1.165) is 12.1 Å². The lowest BCUT2D eigenvalue weighted by Gasteiger charge is -2.06. The number of halogens is 1. The average Bonchev–Trinajstić information content (AvgIpc) is 2.46. The first-order valence-electron chi connectivity index (χ1n) is 5.76. The van der Waals surface area contributed by atoms with Crippen molar-refractivity contribution >= 4 is 33.1 Å². The van der Waals surface area contributed by atoms with Gasteiger partial charge in [0.25, 0.3) is 5.69 Å². The van der Waals surface area contributed by atoms with Crippen LogP contribution in [0.25, 0.3) is 0 Å². The van der Waals surface area contributed by atoms with Gasteiger partial charge in [-0.25, -0.2) is 13.2 Å². The van der Waals surface area contributed by atoms with Gasteiger partial charge in [-0.1, -0.05) is 11.6 Å². The van der Waals surface area contributed by atoms with Crippen LogP contribution in [0.5, 0.6) is 0 Å². The van der Waals surface area contributed by atoms with Crippen LogP contribution < -0.4 is 0 Å². The summed E-state index contributed by atoms with van der Waals surface area (Å²) in [4.78, 5) is 20.2. The van der Waals surface area contributed by atoms with Crippen molar-refractivity contribution in [3.8, 4) is 0 Å². The molecule has 0 unspecified atom stereocenters. The van der Waals surface area contributed by atoms with Gasteiger partial charge in [-0.15, -0.1) is 0 Å². The molecule has 0 atom stereocenters. The van der Waals surface area contributed by atoms with E-state index < -0.39 is 31.3 Å². The summed E-state index contributed by atoms with van der Waals surface area (Å²) >= 11 is 5.68. The molecule has 0 radical (unpaired) electrons. The minimum atomic E-state index is -4.17. The summed E-state index contributed by atoms with van der Waals surface area (Å²) in [6.45, 7) is 0. The topological polar surface area (TPSA) is 115 Å². The first-order valence-corrected chi connectivity index (χ1v) is 7.62. The van der Waals surface area contributed by atoms with Crippen LogP contribution in [0.3, 0.4) is 0 Å². The van der Waals surface area contributed by atoms with E-state index in [9.17, 15) is 23.3 Å². The fourth-order valence-corrected chi connectivity index (χ4v) is 3.29. The summed E-state index contributed by atoms with van der Waals surface area (Å²) in [5, 5.41) is 20.2. The van der Waals surface area contributed by atoms with Crippen LogP contribution in [0.15, 0.2) is 52.3 Å². The molecule has 0 spiro atoms. The molecule has 7 nitrogen and oxygen atoms in total. The lowest BCUT2D eigenvalue weighted by molar-refractivity contribution is -0.387. The minimum absolute atomic E-state index is 0.178. The molecule has 0 heterocycles. The van der Waals surface area contributed by atoms with Crippen molar-refractivity contribution in [2.45, 2.75) is 9.79 Å². The lowest BCUT2D eigenvalue weighted by atomic mass is 10.2. The third-order valence-electron chi connectivity index (χ3n) is 2.82. The second-order valence-electron chi connectivity index (χ2n) is 4.20. The SMILES string of the molecule is O=C(O)c1ccc(S(=O)(=O)c2ccc(Cl)cc2)c([N+](=O)[O-])c1. The molecule has 2 rings (SSSR count). The second-order valence-corrected chi connectivity index (χ2v) is 6.56. The Kier molecular flexibility index (Phi) is 4.16. The van der Waals surface area contributed by atoms with Crippen LogP contribution in [-0.2, 0) is 9.84 Å². The van der Waals surface area contributed by atoms with Crippen LogP contribution in [0.2, 0.25) is 5.02 Å². The molecule has 0 bridgehead atoms. The van der Waals surface area contributed by atoms with E-state index in [1.165, 1.54) is 24.3 Å². The van der Waals surface area contributed by atoms with Crippen LogP contribution in [0.4, 0.5) is 5.69 Å². The molecular formula is C13H8ClNO6S. The van der Waals surface area contributed by atoms with Crippen molar-refractivity contribution < 1.29 is 23.2 Å². The van der Waals surface area contributed by atoms with Gasteiger partial charge in [0.2, 0.25) is 9.84 Å². The van der Waals surface area contributed by atoms with Crippen LogP contribution >= 0.6 is 11.6 Å². The van der Waals surface area contributed by atoms with Gasteiger partial charge in [-0.2, -0.15) is 0 Å². The zero-order chi connectivity index (χ0) is 16.5. The fourth-order valence-electron chi connectivity index (χ4n) is 1.76. The fraction of sp³-hybridized carbons (Fsp3) is 0. The highest BCUT2D eigenvalue weighted by Gasteiger charge is 2.28. The number of nitrogens with zero attached hydrogens (tertiary/aromatic N) is 1. The van der Waals surface area contributed by atoms with Crippen LogP contribution in [0, 0.1) is 10.1 Å². The average molecular weight is 342 g/mol. The minimum Gasteiger partial charge on any atom is -0.478 e. The quantitative estimate of drug-likeness (QED) is 0.675. The van der Waals surface area contributed by atoms with Gasteiger partial charge in [0, 0.05) is 11.1 Å². The van der Waals surface area contributed by atoms with E-state index in [1.807, 2.05) is 0 Å². The summed E-state index contributed by atoms with van der Waals surface area (Å²) in [6, 6.07) is 7.73. The molecule has 9 heteroatoms. The maximum atomic E-state index is 12.5.